The van der Waals surface area contributed by atoms with Crippen LogP contribution in [0.25, 0.3) is 0 Å². The fourth-order valence-electron chi connectivity index (χ4n) is 1.98. The molecule has 0 amide bonds. The van der Waals surface area contributed by atoms with Crippen LogP contribution in [0.5, 0.6) is 0 Å². The van der Waals surface area contributed by atoms with Crippen molar-refractivity contribution in [1.29, 1.82) is 5.26 Å². The van der Waals surface area contributed by atoms with Crippen LogP contribution in [0.3, 0.4) is 0 Å². The summed E-state index contributed by atoms with van der Waals surface area (Å²) in [6.45, 7) is 5.12. The highest BCUT2D eigenvalue weighted by atomic mass is 79.9. The van der Waals surface area contributed by atoms with Crippen LogP contribution in [0.2, 0.25) is 0 Å². The van der Waals surface area contributed by atoms with E-state index in [9.17, 15) is 5.26 Å². The number of hydrogen-bond donors (Lipinski definition) is 0. The molecule has 1 heterocycles. The maximum atomic E-state index is 9.34. The van der Waals surface area contributed by atoms with Crippen molar-refractivity contribution in [2.75, 3.05) is 26.3 Å². The predicted molar refractivity (Wildman–Crippen MR) is 69.6 cm³/mol. The Balaban J connectivity index is 2.22. The quantitative estimate of drug-likeness (QED) is 0.841. The Morgan fingerprint density at radius 2 is 2.12 bits per heavy atom. The molecule has 1 unspecified atom stereocenters. The molecule has 1 aromatic carbocycles. The van der Waals surface area contributed by atoms with E-state index in [-0.39, 0.29) is 6.04 Å². The average molecular weight is 295 g/mol. The summed E-state index contributed by atoms with van der Waals surface area (Å²) in [6, 6.07) is 8.33. The van der Waals surface area contributed by atoms with E-state index in [1.54, 1.807) is 0 Å². The first kappa shape index (κ1) is 12.6. The number of benzene rings is 1. The Hall–Kier alpha value is -0.890. The van der Waals surface area contributed by atoms with Gasteiger partial charge in [-0.1, -0.05) is 28.1 Å². The number of halogens is 1. The number of rotatable bonds is 2. The number of morpholine rings is 1. The van der Waals surface area contributed by atoms with E-state index in [2.05, 4.69) is 26.9 Å². The Kier molecular flexibility index (Phi) is 4.16. The zero-order valence-corrected chi connectivity index (χ0v) is 11.4. The molecule has 1 fully saturated rings. The Morgan fingerprint density at radius 1 is 1.41 bits per heavy atom. The first-order valence-electron chi connectivity index (χ1n) is 5.70. The lowest BCUT2D eigenvalue weighted by molar-refractivity contribution is 0.0266. The molecule has 1 aromatic rings. The van der Waals surface area contributed by atoms with Gasteiger partial charge in [-0.25, -0.2) is 0 Å². The molecule has 1 atom stereocenters. The van der Waals surface area contributed by atoms with Gasteiger partial charge < -0.3 is 4.74 Å². The summed E-state index contributed by atoms with van der Waals surface area (Å²) in [6.07, 6.45) is 0. The summed E-state index contributed by atoms with van der Waals surface area (Å²) in [4.78, 5) is 2.17. The van der Waals surface area contributed by atoms with Crippen LogP contribution < -0.4 is 0 Å². The highest BCUT2D eigenvalue weighted by Crippen LogP contribution is 2.25. The third kappa shape index (κ3) is 2.86. The van der Waals surface area contributed by atoms with Gasteiger partial charge in [0.1, 0.15) is 6.04 Å². The minimum atomic E-state index is -0.171. The second-order valence-corrected chi connectivity index (χ2v) is 5.04. The van der Waals surface area contributed by atoms with E-state index in [1.807, 2.05) is 25.1 Å². The lowest BCUT2D eigenvalue weighted by Gasteiger charge is -2.30. The lowest BCUT2D eigenvalue weighted by atomic mass is 10.0. The summed E-state index contributed by atoms with van der Waals surface area (Å²) >= 11 is 3.51. The fraction of sp³-hybridized carbons (Fsp3) is 0.462. The summed E-state index contributed by atoms with van der Waals surface area (Å²) in [5, 5.41) is 9.34. The van der Waals surface area contributed by atoms with Gasteiger partial charge >= 0.3 is 0 Å². The number of aryl methyl sites for hydroxylation is 1. The maximum absolute atomic E-state index is 9.34. The third-order valence-corrected chi connectivity index (χ3v) is 3.90. The fourth-order valence-corrected chi connectivity index (χ4v) is 2.38. The van der Waals surface area contributed by atoms with Gasteiger partial charge in [0.25, 0.3) is 0 Å². The molecule has 0 aromatic heterocycles. The van der Waals surface area contributed by atoms with Crippen LogP contribution in [-0.2, 0) is 4.74 Å². The topological polar surface area (TPSA) is 36.3 Å². The van der Waals surface area contributed by atoms with Gasteiger partial charge in [-0.2, -0.15) is 5.26 Å². The molecule has 0 spiro atoms. The van der Waals surface area contributed by atoms with Crippen molar-refractivity contribution in [3.05, 3.63) is 33.8 Å². The Labute approximate surface area is 110 Å². The van der Waals surface area contributed by atoms with Crippen molar-refractivity contribution < 1.29 is 4.74 Å². The minimum Gasteiger partial charge on any atom is -0.379 e. The van der Waals surface area contributed by atoms with E-state index in [1.165, 1.54) is 5.56 Å². The Bertz CT molecular complexity index is 436. The summed E-state index contributed by atoms with van der Waals surface area (Å²) in [5.41, 5.74) is 2.24. The third-order valence-electron chi connectivity index (χ3n) is 3.04. The van der Waals surface area contributed by atoms with Gasteiger partial charge in [0.15, 0.2) is 0 Å². The summed E-state index contributed by atoms with van der Waals surface area (Å²) in [7, 11) is 0. The van der Waals surface area contributed by atoms with Crippen molar-refractivity contribution >= 4 is 15.9 Å². The normalized spacial score (nSPS) is 18.6. The summed E-state index contributed by atoms with van der Waals surface area (Å²) in [5.74, 6) is 0. The number of hydrogen-bond acceptors (Lipinski definition) is 3. The molecule has 0 bridgehead atoms. The van der Waals surface area contributed by atoms with E-state index < -0.39 is 0 Å². The van der Waals surface area contributed by atoms with Crippen molar-refractivity contribution in [1.82, 2.24) is 4.90 Å². The smallest absolute Gasteiger partial charge is 0.124 e. The van der Waals surface area contributed by atoms with Gasteiger partial charge in [-0.3, -0.25) is 4.90 Å². The molecule has 1 saturated heterocycles. The van der Waals surface area contributed by atoms with Gasteiger partial charge in [-0.15, -0.1) is 0 Å². The van der Waals surface area contributed by atoms with Crippen LogP contribution in [0.4, 0.5) is 0 Å². The van der Waals surface area contributed by atoms with E-state index in [4.69, 9.17) is 4.74 Å². The Morgan fingerprint density at radius 3 is 2.71 bits per heavy atom. The highest BCUT2D eigenvalue weighted by Gasteiger charge is 2.22. The number of nitriles is 1. The van der Waals surface area contributed by atoms with E-state index in [0.29, 0.717) is 13.2 Å². The van der Waals surface area contributed by atoms with Gasteiger partial charge in [0.2, 0.25) is 0 Å². The first-order chi connectivity index (χ1) is 8.22. The first-order valence-corrected chi connectivity index (χ1v) is 6.49. The molecule has 0 N–H and O–H groups in total. The zero-order valence-electron chi connectivity index (χ0n) is 9.82. The molecule has 1 aliphatic heterocycles. The van der Waals surface area contributed by atoms with Crippen LogP contribution in [-0.4, -0.2) is 31.2 Å². The molecule has 0 radical (unpaired) electrons. The number of ether oxygens (including phenoxy) is 1. The molecule has 17 heavy (non-hydrogen) atoms. The second kappa shape index (κ2) is 5.63. The van der Waals surface area contributed by atoms with Crippen molar-refractivity contribution in [3.63, 3.8) is 0 Å². The molecular formula is C13H15BrN2O. The van der Waals surface area contributed by atoms with Crippen LogP contribution in [0, 0.1) is 18.3 Å². The largest absolute Gasteiger partial charge is 0.379 e. The monoisotopic (exact) mass is 294 g/mol. The maximum Gasteiger partial charge on any atom is 0.124 e. The van der Waals surface area contributed by atoms with Crippen molar-refractivity contribution in [2.24, 2.45) is 0 Å². The standard InChI is InChI=1S/C13H15BrN2O/c1-10-2-3-11(8-12(10)14)13(9-15)16-4-6-17-7-5-16/h2-3,8,13H,4-7H2,1H3. The molecular weight excluding hydrogens is 280 g/mol. The lowest BCUT2D eigenvalue weighted by Crippen LogP contribution is -2.38. The zero-order chi connectivity index (χ0) is 12.3. The molecule has 2 rings (SSSR count). The molecule has 4 heteroatoms. The second-order valence-electron chi connectivity index (χ2n) is 4.19. The van der Waals surface area contributed by atoms with Crippen LogP contribution in [0.15, 0.2) is 22.7 Å². The molecule has 3 nitrogen and oxygen atoms in total. The minimum absolute atomic E-state index is 0.171. The van der Waals surface area contributed by atoms with Gasteiger partial charge in [0, 0.05) is 17.6 Å². The average Bonchev–Trinajstić information content (AvgIpc) is 2.36. The molecule has 1 aliphatic rings. The predicted octanol–water partition coefficient (Wildman–Crippen LogP) is 2.65. The summed E-state index contributed by atoms with van der Waals surface area (Å²) < 4.78 is 6.37. The molecule has 0 saturated carbocycles. The van der Waals surface area contributed by atoms with Gasteiger partial charge in [0.05, 0.1) is 19.3 Å². The van der Waals surface area contributed by atoms with Crippen LogP contribution >= 0.6 is 15.9 Å². The molecule has 0 aliphatic carbocycles. The van der Waals surface area contributed by atoms with Gasteiger partial charge in [-0.05, 0) is 24.1 Å². The number of nitrogens with zero attached hydrogens (tertiary/aromatic N) is 2. The molecule has 90 valence electrons. The van der Waals surface area contributed by atoms with Crippen molar-refractivity contribution in [2.45, 2.75) is 13.0 Å². The SMILES string of the molecule is Cc1ccc(C(C#N)N2CCOCC2)cc1Br. The van der Waals surface area contributed by atoms with E-state index in [0.717, 1.165) is 23.1 Å². The highest BCUT2D eigenvalue weighted by molar-refractivity contribution is 9.10. The van der Waals surface area contributed by atoms with E-state index >= 15 is 0 Å². The van der Waals surface area contributed by atoms with Crippen LogP contribution in [0.1, 0.15) is 17.2 Å². The van der Waals surface area contributed by atoms with Crippen molar-refractivity contribution in [3.8, 4) is 6.07 Å².